The maximum absolute atomic E-state index is 14.2. The molecule has 1 unspecified atom stereocenters. The number of rotatable bonds is 6. The first-order valence-electron chi connectivity index (χ1n) is 6.81. The highest BCUT2D eigenvalue weighted by Crippen LogP contribution is 2.34. The standard InChI is InChI=1S/C15H20FN3O2/c1-4-8-19-15(12(21-3)9-18-19)14(17)13-10(16)6-5-7-11(13)20-2/h5-7,9,14H,4,8,17H2,1-3H3. The maximum atomic E-state index is 14.2. The fraction of sp³-hybridized carbons (Fsp3) is 0.400. The highest BCUT2D eigenvalue weighted by Gasteiger charge is 2.25. The van der Waals surface area contributed by atoms with Gasteiger partial charge in [-0.25, -0.2) is 4.39 Å². The Morgan fingerprint density at radius 3 is 2.62 bits per heavy atom. The highest BCUT2D eigenvalue weighted by molar-refractivity contribution is 5.44. The van der Waals surface area contributed by atoms with Crippen LogP contribution < -0.4 is 15.2 Å². The number of hydrogen-bond donors (Lipinski definition) is 1. The van der Waals surface area contributed by atoms with E-state index in [0.29, 0.717) is 29.3 Å². The van der Waals surface area contributed by atoms with Crippen LogP contribution in [0.3, 0.4) is 0 Å². The minimum atomic E-state index is -0.717. The van der Waals surface area contributed by atoms with Crippen molar-refractivity contribution in [3.8, 4) is 11.5 Å². The molecule has 0 spiro atoms. The van der Waals surface area contributed by atoms with Gasteiger partial charge >= 0.3 is 0 Å². The molecule has 0 saturated carbocycles. The van der Waals surface area contributed by atoms with Crippen molar-refractivity contribution in [1.29, 1.82) is 0 Å². The number of benzene rings is 1. The molecule has 0 aliphatic heterocycles. The summed E-state index contributed by atoms with van der Waals surface area (Å²) in [6, 6.07) is 3.92. The molecule has 1 heterocycles. The van der Waals surface area contributed by atoms with Crippen LogP contribution in [0.2, 0.25) is 0 Å². The molecular weight excluding hydrogens is 273 g/mol. The predicted molar refractivity (Wildman–Crippen MR) is 78.1 cm³/mol. The van der Waals surface area contributed by atoms with Gasteiger partial charge in [-0.3, -0.25) is 4.68 Å². The molecule has 0 aliphatic rings. The monoisotopic (exact) mass is 293 g/mol. The summed E-state index contributed by atoms with van der Waals surface area (Å²) in [7, 11) is 3.04. The Labute approximate surface area is 123 Å². The van der Waals surface area contributed by atoms with Gasteiger partial charge < -0.3 is 15.2 Å². The summed E-state index contributed by atoms with van der Waals surface area (Å²) < 4.78 is 26.5. The summed E-state index contributed by atoms with van der Waals surface area (Å²) in [6.07, 6.45) is 2.48. The van der Waals surface area contributed by atoms with Crippen molar-refractivity contribution in [2.75, 3.05) is 14.2 Å². The summed E-state index contributed by atoms with van der Waals surface area (Å²) in [5.74, 6) is 0.545. The van der Waals surface area contributed by atoms with Crippen molar-refractivity contribution in [3.63, 3.8) is 0 Å². The fourth-order valence-corrected chi connectivity index (χ4v) is 2.37. The molecule has 6 heteroatoms. The molecule has 21 heavy (non-hydrogen) atoms. The molecule has 2 aromatic rings. The zero-order valence-electron chi connectivity index (χ0n) is 12.5. The highest BCUT2D eigenvalue weighted by atomic mass is 19.1. The third-order valence-electron chi connectivity index (χ3n) is 3.34. The van der Waals surface area contributed by atoms with Gasteiger partial charge in [-0.1, -0.05) is 13.0 Å². The summed E-state index contributed by atoms with van der Waals surface area (Å²) in [5, 5.41) is 4.26. The van der Waals surface area contributed by atoms with Crippen LogP contribution in [0, 0.1) is 5.82 Å². The van der Waals surface area contributed by atoms with Crippen molar-refractivity contribution in [2.24, 2.45) is 5.73 Å². The number of aromatic nitrogens is 2. The van der Waals surface area contributed by atoms with Gasteiger partial charge in [0.05, 0.1) is 32.0 Å². The average Bonchev–Trinajstić information content (AvgIpc) is 2.89. The first-order valence-corrected chi connectivity index (χ1v) is 6.81. The van der Waals surface area contributed by atoms with Gasteiger partial charge in [-0.2, -0.15) is 5.10 Å². The van der Waals surface area contributed by atoms with E-state index in [-0.39, 0.29) is 0 Å². The summed E-state index contributed by atoms with van der Waals surface area (Å²) in [4.78, 5) is 0. The maximum Gasteiger partial charge on any atom is 0.161 e. The SMILES string of the molecule is CCCn1ncc(OC)c1C(N)c1c(F)cccc1OC. The predicted octanol–water partition coefficient (Wildman–Crippen LogP) is 2.50. The molecule has 0 amide bonds. The molecule has 0 radical (unpaired) electrons. The Bertz CT molecular complexity index is 613. The summed E-state index contributed by atoms with van der Waals surface area (Å²) >= 11 is 0. The lowest BCUT2D eigenvalue weighted by Gasteiger charge is -2.19. The van der Waals surface area contributed by atoms with E-state index >= 15 is 0 Å². The van der Waals surface area contributed by atoms with Crippen LogP contribution >= 0.6 is 0 Å². The number of methoxy groups -OCH3 is 2. The van der Waals surface area contributed by atoms with Crippen LogP contribution in [-0.4, -0.2) is 24.0 Å². The van der Waals surface area contributed by atoms with Crippen LogP contribution in [0.15, 0.2) is 24.4 Å². The average molecular weight is 293 g/mol. The zero-order chi connectivity index (χ0) is 15.4. The lowest BCUT2D eigenvalue weighted by molar-refractivity contribution is 0.391. The third kappa shape index (κ3) is 2.85. The summed E-state index contributed by atoms with van der Waals surface area (Å²) in [6.45, 7) is 2.72. The van der Waals surface area contributed by atoms with Crippen molar-refractivity contribution >= 4 is 0 Å². The molecule has 1 aromatic heterocycles. The van der Waals surface area contributed by atoms with Crippen LogP contribution in [0.5, 0.6) is 11.5 Å². The Morgan fingerprint density at radius 2 is 2.00 bits per heavy atom. The molecule has 2 rings (SSSR count). The van der Waals surface area contributed by atoms with Crippen molar-refractivity contribution in [3.05, 3.63) is 41.5 Å². The lowest BCUT2D eigenvalue weighted by atomic mass is 10.0. The van der Waals surface area contributed by atoms with Gasteiger partial charge in [0.1, 0.15) is 17.3 Å². The number of aryl methyl sites for hydroxylation is 1. The molecule has 0 fully saturated rings. The fourth-order valence-electron chi connectivity index (χ4n) is 2.37. The molecule has 5 nitrogen and oxygen atoms in total. The number of ether oxygens (including phenoxy) is 2. The minimum Gasteiger partial charge on any atom is -0.496 e. The Morgan fingerprint density at radius 1 is 1.29 bits per heavy atom. The second kappa shape index (κ2) is 6.58. The van der Waals surface area contributed by atoms with Gasteiger partial charge in [0, 0.05) is 6.54 Å². The smallest absolute Gasteiger partial charge is 0.161 e. The van der Waals surface area contributed by atoms with Gasteiger partial charge in [0.2, 0.25) is 0 Å². The molecular formula is C15H20FN3O2. The van der Waals surface area contributed by atoms with E-state index in [1.165, 1.54) is 13.2 Å². The Balaban J connectivity index is 2.54. The minimum absolute atomic E-state index is 0.302. The Kier molecular flexibility index (Phi) is 4.80. The number of nitrogens with zero attached hydrogens (tertiary/aromatic N) is 2. The molecule has 1 atom stereocenters. The van der Waals surface area contributed by atoms with Crippen molar-refractivity contribution in [2.45, 2.75) is 25.9 Å². The van der Waals surface area contributed by atoms with E-state index in [1.807, 2.05) is 6.92 Å². The molecule has 0 saturated heterocycles. The zero-order valence-corrected chi connectivity index (χ0v) is 12.5. The van der Waals surface area contributed by atoms with E-state index < -0.39 is 11.9 Å². The lowest BCUT2D eigenvalue weighted by Crippen LogP contribution is -2.20. The molecule has 114 valence electrons. The topological polar surface area (TPSA) is 62.3 Å². The van der Waals surface area contributed by atoms with E-state index in [0.717, 1.165) is 6.42 Å². The third-order valence-corrected chi connectivity index (χ3v) is 3.34. The first kappa shape index (κ1) is 15.3. The second-order valence-corrected chi connectivity index (χ2v) is 4.65. The van der Waals surface area contributed by atoms with Crippen LogP contribution in [0.25, 0.3) is 0 Å². The summed E-state index contributed by atoms with van der Waals surface area (Å²) in [5.41, 5.74) is 7.23. The van der Waals surface area contributed by atoms with Gasteiger partial charge in [0.25, 0.3) is 0 Å². The quantitative estimate of drug-likeness (QED) is 0.889. The van der Waals surface area contributed by atoms with Crippen molar-refractivity contribution in [1.82, 2.24) is 9.78 Å². The van der Waals surface area contributed by atoms with Crippen LogP contribution in [0.4, 0.5) is 4.39 Å². The molecule has 2 N–H and O–H groups in total. The van der Waals surface area contributed by atoms with E-state index in [2.05, 4.69) is 5.10 Å². The number of nitrogens with two attached hydrogens (primary N) is 1. The number of hydrogen-bond acceptors (Lipinski definition) is 4. The second-order valence-electron chi connectivity index (χ2n) is 4.65. The van der Waals surface area contributed by atoms with Crippen molar-refractivity contribution < 1.29 is 13.9 Å². The van der Waals surface area contributed by atoms with Gasteiger partial charge in [-0.15, -0.1) is 0 Å². The molecule has 1 aromatic carbocycles. The first-order chi connectivity index (χ1) is 10.1. The molecule has 0 bridgehead atoms. The van der Waals surface area contributed by atoms with E-state index in [4.69, 9.17) is 15.2 Å². The Hall–Kier alpha value is -2.08. The number of halogens is 1. The van der Waals surface area contributed by atoms with E-state index in [9.17, 15) is 4.39 Å². The normalized spacial score (nSPS) is 12.2. The largest absolute Gasteiger partial charge is 0.496 e. The van der Waals surface area contributed by atoms with Crippen LogP contribution in [0.1, 0.15) is 30.6 Å². The van der Waals surface area contributed by atoms with E-state index in [1.54, 1.807) is 30.1 Å². The molecule has 0 aliphatic carbocycles. The van der Waals surface area contributed by atoms with Gasteiger partial charge in [0.15, 0.2) is 5.75 Å². The van der Waals surface area contributed by atoms with Gasteiger partial charge in [-0.05, 0) is 18.6 Å². The van der Waals surface area contributed by atoms with Crippen LogP contribution in [-0.2, 0) is 6.54 Å².